The lowest BCUT2D eigenvalue weighted by Crippen LogP contribution is -2.80. The minimum absolute atomic E-state index is 0.759. The van der Waals surface area contributed by atoms with E-state index in [1.54, 1.807) is 5.47 Å². The Morgan fingerprint density at radius 3 is 0.870 bits per heavy atom. The number of hydrogen-bond acceptors (Lipinski definition) is 6. The average Bonchev–Trinajstić information content (AvgIpc) is 1.42. The van der Waals surface area contributed by atoms with Crippen LogP contribution in [0, 0.1) is 34.6 Å². The number of aryl methyl sites for hydroxylation is 5. The Morgan fingerprint density at radius 1 is 0.212 bits per heavy atom. The van der Waals surface area contributed by atoms with Crippen LogP contribution in [0.5, 0.6) is 0 Å². The molecule has 7 nitrogen and oxygen atoms in total. The lowest BCUT2D eigenvalue weighted by atomic mass is 9.19. The minimum Gasteiger partial charge on any atom is -0.508 e. The molecule has 146 heavy (non-hydrogen) atoms. The Hall–Kier alpha value is -14.3. The van der Waals surface area contributed by atoms with E-state index in [2.05, 4.69) is 501 Å². The van der Waals surface area contributed by atoms with Crippen LogP contribution in [0.25, 0.3) is 87.3 Å². The van der Waals surface area contributed by atoms with E-state index in [4.69, 9.17) is 15.0 Å². The molecular weight excluding hydrogens is 1820 g/mol. The molecule has 14 heteroatoms. The molecule has 1 unspecified atom stereocenters. The Kier molecular flexibility index (Phi) is 27.2. The van der Waals surface area contributed by atoms with Gasteiger partial charge >= 0.3 is 12.6 Å². The summed E-state index contributed by atoms with van der Waals surface area (Å²) in [7, 11) is 19.3. The third-order valence-corrected chi connectivity index (χ3v) is 36.8. The summed E-state index contributed by atoms with van der Waals surface area (Å²) in [6.07, 6.45) is 4.20. The Bertz CT molecular complexity index is 8080. The smallest absolute Gasteiger partial charge is 0.327 e. The topological polar surface area (TPSA) is 38.7 Å². The molecule has 0 bridgehead atoms. The summed E-state index contributed by atoms with van der Waals surface area (Å²) in [6, 6.07) is 153. The molecule has 20 aromatic rings. The number of thiophene rings is 3. The Morgan fingerprint density at radius 2 is 0.507 bits per heavy atom. The van der Waals surface area contributed by atoms with Crippen molar-refractivity contribution in [1.82, 2.24) is 15.0 Å². The summed E-state index contributed by atoms with van der Waals surface area (Å²) in [6.45, 7) is 15.1. The highest BCUT2D eigenvalue weighted by atomic mass is 32.1. The van der Waals surface area contributed by atoms with Crippen LogP contribution in [-0.4, -0.2) is 140 Å². The lowest BCUT2D eigenvalue weighted by molar-refractivity contribution is -0.786. The predicted molar refractivity (Wildman–Crippen MR) is 638 cm³/mol. The third kappa shape index (κ3) is 17.7. The van der Waals surface area contributed by atoms with Gasteiger partial charge in [-0.1, -0.05) is 441 Å². The Balaban J connectivity index is 0.000000116. The number of benzene rings is 14. The quantitative estimate of drug-likeness (QED) is 0.0905. The highest BCUT2D eigenvalue weighted by molar-refractivity contribution is 7.39. The molecule has 4 aliphatic heterocycles. The summed E-state index contributed by atoms with van der Waals surface area (Å²) in [5.41, 5.74) is 34.6. The van der Waals surface area contributed by atoms with Gasteiger partial charge in [-0.3, -0.25) is 15.0 Å². The van der Waals surface area contributed by atoms with Crippen molar-refractivity contribution in [3.63, 3.8) is 0 Å². The molecule has 24 rings (SSSR count). The van der Waals surface area contributed by atoms with Crippen LogP contribution in [0.1, 0.15) is 97.5 Å². The first kappa shape index (κ1) is 97.8. The van der Waals surface area contributed by atoms with Gasteiger partial charge in [0.05, 0.1) is 0 Å². The van der Waals surface area contributed by atoms with Gasteiger partial charge in [-0.2, -0.15) is 22.7 Å². The largest absolute Gasteiger partial charge is 0.508 e. The van der Waals surface area contributed by atoms with Crippen LogP contribution >= 0.6 is 34.0 Å². The number of nitrogens with zero attached hydrogens (tertiary/aromatic N) is 7. The fourth-order valence-electron chi connectivity index (χ4n) is 26.5. The van der Waals surface area contributed by atoms with Crippen molar-refractivity contribution in [3.8, 4) is 0 Å². The van der Waals surface area contributed by atoms with Gasteiger partial charge in [0.15, 0.2) is 0 Å². The van der Waals surface area contributed by atoms with Gasteiger partial charge in [0, 0.05) is 133 Å². The van der Waals surface area contributed by atoms with Gasteiger partial charge in [-0.25, -0.2) is 0 Å². The van der Waals surface area contributed by atoms with Gasteiger partial charge in [-0.05, 0) is 175 Å². The second kappa shape index (κ2) is 40.6. The van der Waals surface area contributed by atoms with Crippen molar-refractivity contribution in [2.24, 2.45) is 0 Å². The molecule has 0 saturated carbocycles. The second-order valence-corrected chi connectivity index (χ2v) is 46.6. The van der Waals surface area contributed by atoms with Crippen molar-refractivity contribution >= 4 is 189 Å². The van der Waals surface area contributed by atoms with E-state index in [0.29, 0.717) is 0 Å². The van der Waals surface area contributed by atoms with Crippen LogP contribution in [-0.2, 0) is 0 Å². The van der Waals surface area contributed by atoms with E-state index in [9.17, 15) is 0 Å². The van der Waals surface area contributed by atoms with Gasteiger partial charge in [0.25, 0.3) is 12.6 Å². The van der Waals surface area contributed by atoms with Crippen molar-refractivity contribution in [3.05, 3.63) is 519 Å². The number of hydrogen-bond donors (Lipinski definition) is 0. The van der Waals surface area contributed by atoms with Crippen LogP contribution in [0.4, 0.5) is 0 Å². The summed E-state index contributed by atoms with van der Waals surface area (Å²) in [5.74, 6) is 0. The molecule has 0 amide bonds. The summed E-state index contributed by atoms with van der Waals surface area (Å²) < 4.78 is 6.52. The van der Waals surface area contributed by atoms with E-state index in [1.807, 2.05) is 70.8 Å². The maximum atomic E-state index is 4.97. The van der Waals surface area contributed by atoms with Crippen LogP contribution < -0.4 is 42.6 Å². The summed E-state index contributed by atoms with van der Waals surface area (Å²) in [5, 5.41) is 17.0. The van der Waals surface area contributed by atoms with Crippen molar-refractivity contribution in [1.29, 1.82) is 0 Å². The van der Waals surface area contributed by atoms with Gasteiger partial charge in [-0.15, -0.1) is 55.1 Å². The van der Waals surface area contributed by atoms with Gasteiger partial charge in [0.1, 0.15) is 0 Å². The highest BCUT2D eigenvalue weighted by Gasteiger charge is 2.57. The van der Waals surface area contributed by atoms with E-state index < -0.39 is 25.1 Å². The Labute approximate surface area is 876 Å². The standard InChI is InChI=1S/C43H38BN.C36H36BN.C28H29BN4.C25H26BNS3/c1-31-16-18-35(19-17-31)42-26-27-45(2,3)44(40-24-22-33-11-5-8-14-37(33)29-40,41-25-23-34-12-6-9-15-38(34)30-41)43(42)39-21-20-32-10-4-7-13-36(32)28-39;1-27-14-18-30(19-15-27)35-24-25-38(3,4)37(33-12-6-5-7-13-33,34-22-16-28(2)17-23-34)36(35)32-21-20-29-10-8-9-11-31(29)26-32;1-22-13-15-23(16-14-22)24-17-21-33(2,3)29(26-11-5-8-19-31-26,27-12-6-9-20-32-27)28(24)25-10-4-7-18-30-25;1-19-10-12-20(13-11-19)21-14-15-27(2,3)26(23-8-5-17-29-23,24-9-6-18-30-24)25(21)22-7-4-16-28-22/h4-25,28-30H,26-27H2,1-3H3;5-23,26H,24-25H2,1-4H3;4-16,18-20H,17,21H2,1-3H3;4-13,16-18H,14-15H2,1-3H3. The number of aromatic nitrogens is 3. The normalized spacial score (nSPS) is 17.4. The first-order valence-corrected chi connectivity index (χ1v) is 54.7. The molecule has 0 aliphatic carbocycles. The van der Waals surface area contributed by atoms with E-state index in [1.165, 1.54) is 179 Å². The number of fused-ring (bicyclic) bond motifs is 4. The molecule has 0 fully saturated rings. The minimum atomic E-state index is -1.58. The second-order valence-electron chi connectivity index (χ2n) is 43.7. The van der Waals surface area contributed by atoms with Gasteiger partial charge in [0.2, 0.25) is 0 Å². The van der Waals surface area contributed by atoms with Crippen LogP contribution in [0.3, 0.4) is 0 Å². The van der Waals surface area contributed by atoms with Crippen LogP contribution in [0.15, 0.2) is 447 Å². The monoisotopic (exact) mass is 1950 g/mol. The molecule has 0 radical (unpaired) electrons. The summed E-state index contributed by atoms with van der Waals surface area (Å²) >= 11 is 5.72. The molecule has 0 saturated heterocycles. The SMILES string of the molecule is Cc1ccc(C2=C(c3ccc4ccccc4c3)[B-](c3ccc4ccccc4c3)(c3ccc4ccccc4c3)[N+](C)(C)CC2)cc1.Cc1ccc(C2=C(c3ccc4ccccc4c3)[B-](c3ccccc3)(c3ccc(C)cc3)[N+](C)(C)CC2)cc1.Cc1ccc(C2=C(c3ccccn3)[B-](c3ccccn3)(c3ccccn3)[N+](C)(C)CC2)cc1.Cc1ccc(C2=C(c3cccs3)[B-](c3cccs3)(c3cccs3)[N+](C)(C)CC2)cc1. The number of quaternary nitrogens is 4. The fourth-order valence-corrected chi connectivity index (χ4v) is 29.9. The van der Waals surface area contributed by atoms with E-state index in [-0.39, 0.29) is 0 Å². The van der Waals surface area contributed by atoms with E-state index >= 15 is 0 Å². The zero-order valence-corrected chi connectivity index (χ0v) is 89.0. The molecule has 0 N–H and O–H groups in total. The molecule has 6 aromatic heterocycles. The van der Waals surface area contributed by atoms with Crippen LogP contribution in [0.2, 0.25) is 0 Å². The zero-order valence-electron chi connectivity index (χ0n) is 86.5. The van der Waals surface area contributed by atoms with Gasteiger partial charge < -0.3 is 17.6 Å². The highest BCUT2D eigenvalue weighted by Crippen LogP contribution is 2.51. The van der Waals surface area contributed by atoms with Crippen molar-refractivity contribution < 1.29 is 17.6 Å². The molecule has 0 spiro atoms. The zero-order chi connectivity index (χ0) is 101. The molecule has 722 valence electrons. The number of rotatable bonds is 16. The average molecular weight is 1950 g/mol. The maximum Gasteiger partial charge on any atom is 0.327 e. The molecule has 14 aromatic carbocycles. The predicted octanol–water partition coefficient (Wildman–Crippen LogP) is 26.0. The molecule has 10 heterocycles. The van der Waals surface area contributed by atoms with Crippen molar-refractivity contribution in [2.75, 3.05) is 82.6 Å². The fraction of sp³-hybridized carbons (Fsp3) is 0.159. The summed E-state index contributed by atoms with van der Waals surface area (Å²) in [4.78, 5) is 16.3. The molecular formula is C132H129B4N7S3. The van der Waals surface area contributed by atoms with Crippen molar-refractivity contribution in [2.45, 2.75) is 60.3 Å². The molecule has 1 atom stereocenters. The lowest BCUT2D eigenvalue weighted by Gasteiger charge is -2.61. The molecule has 4 aliphatic rings. The number of pyridine rings is 3. The third-order valence-electron chi connectivity index (χ3n) is 33.9. The maximum absolute atomic E-state index is 4.97. The first-order valence-electron chi connectivity index (χ1n) is 52.0. The van der Waals surface area contributed by atoms with E-state index in [0.717, 1.165) is 86.3 Å². The first-order chi connectivity index (χ1) is 70.9.